The number of fused-ring (bicyclic) bond motifs is 3. The molecule has 0 spiro atoms. The van der Waals surface area contributed by atoms with E-state index in [1.54, 1.807) is 6.08 Å². The van der Waals surface area contributed by atoms with Gasteiger partial charge in [0, 0.05) is 5.92 Å². The van der Waals surface area contributed by atoms with E-state index in [1.807, 2.05) is 0 Å². The molecule has 3 aliphatic heterocycles. The Morgan fingerprint density at radius 2 is 1.89 bits per heavy atom. The second kappa shape index (κ2) is 9.43. The van der Waals surface area contributed by atoms with Gasteiger partial charge in [0.15, 0.2) is 17.8 Å². The molecule has 0 bridgehead atoms. The van der Waals surface area contributed by atoms with Crippen molar-refractivity contribution in [3.63, 3.8) is 0 Å². The number of benzene rings is 1. The predicted octanol–water partition coefficient (Wildman–Crippen LogP) is -2.01. The van der Waals surface area contributed by atoms with Gasteiger partial charge < -0.3 is 59.1 Å². The molecular formula is C23H28O13. The molecule has 13 nitrogen and oxygen atoms in total. The van der Waals surface area contributed by atoms with Gasteiger partial charge in [-0.1, -0.05) is 0 Å². The minimum atomic E-state index is -1.66. The summed E-state index contributed by atoms with van der Waals surface area (Å²) in [5.41, 5.74) is -1.03. The number of phenols is 1. The van der Waals surface area contributed by atoms with E-state index in [0.29, 0.717) is 0 Å². The Bertz CT molecular complexity index is 1010. The summed E-state index contributed by atoms with van der Waals surface area (Å²) in [6, 6.07) is 4.02. The number of epoxide rings is 1. The van der Waals surface area contributed by atoms with Gasteiger partial charge in [-0.2, -0.15) is 0 Å². The Hall–Kier alpha value is -2.49. The van der Waals surface area contributed by atoms with E-state index >= 15 is 0 Å². The van der Waals surface area contributed by atoms with Gasteiger partial charge >= 0.3 is 5.97 Å². The molecule has 0 unspecified atom stereocenters. The van der Waals surface area contributed by atoms with Gasteiger partial charge in [-0.05, 0) is 24.3 Å². The van der Waals surface area contributed by atoms with Crippen molar-refractivity contribution < 1.29 is 63.9 Å². The number of phenolic OH excluding ortho intramolecular Hbond substituents is 1. The number of hydrogen-bond acceptors (Lipinski definition) is 13. The van der Waals surface area contributed by atoms with E-state index in [1.165, 1.54) is 31.6 Å². The van der Waals surface area contributed by atoms with Gasteiger partial charge in [0.1, 0.15) is 42.2 Å². The van der Waals surface area contributed by atoms with E-state index < -0.39 is 85.8 Å². The summed E-state index contributed by atoms with van der Waals surface area (Å²) in [6.45, 7) is -1.07. The maximum absolute atomic E-state index is 12.9. The third-order valence-corrected chi connectivity index (χ3v) is 7.26. The second-order valence-electron chi connectivity index (χ2n) is 9.18. The number of aliphatic hydroxyl groups excluding tert-OH is 5. The molecule has 4 aliphatic rings. The number of hydrogen-bond donors (Lipinski definition) is 6. The molecule has 1 aliphatic carbocycles. The fourth-order valence-corrected chi connectivity index (χ4v) is 5.28. The van der Waals surface area contributed by atoms with Crippen molar-refractivity contribution in [1.29, 1.82) is 0 Å². The van der Waals surface area contributed by atoms with Crippen LogP contribution >= 0.6 is 0 Å². The maximum Gasteiger partial charge on any atom is 0.338 e. The zero-order valence-electron chi connectivity index (χ0n) is 19.1. The van der Waals surface area contributed by atoms with Crippen LogP contribution in [0.3, 0.4) is 0 Å². The SMILES string of the molecule is COc1cc(C(=O)O[C@H]2[C@@H]3C=CO[C@@H](O[C@@H]4O[C@H](CO)[C@@H](O)[C@H](O)[C@H]4O)[C@@H]3[C@@]3(CO)O[C@@H]23)ccc1O. The molecule has 1 saturated carbocycles. The van der Waals surface area contributed by atoms with Gasteiger partial charge in [0.2, 0.25) is 6.29 Å². The van der Waals surface area contributed by atoms with E-state index in [9.17, 15) is 35.4 Å². The number of aliphatic hydroxyl groups is 5. The van der Waals surface area contributed by atoms with Gasteiger partial charge in [0.05, 0.1) is 38.1 Å². The van der Waals surface area contributed by atoms with Gasteiger partial charge in [0.25, 0.3) is 0 Å². The fraction of sp³-hybridized carbons (Fsp3) is 0.609. The smallest absolute Gasteiger partial charge is 0.338 e. The predicted molar refractivity (Wildman–Crippen MR) is 114 cm³/mol. The van der Waals surface area contributed by atoms with Crippen LogP contribution in [0.25, 0.3) is 0 Å². The normalized spacial score (nSPS) is 42.7. The Labute approximate surface area is 205 Å². The molecule has 36 heavy (non-hydrogen) atoms. The van der Waals surface area contributed by atoms with Crippen molar-refractivity contribution in [2.75, 3.05) is 20.3 Å². The molecule has 0 radical (unpaired) electrons. The lowest BCUT2D eigenvalue weighted by molar-refractivity contribution is -0.344. The van der Waals surface area contributed by atoms with Crippen molar-refractivity contribution in [2.45, 2.75) is 54.8 Å². The summed E-state index contributed by atoms with van der Waals surface area (Å²) in [7, 11) is 1.35. The third kappa shape index (κ3) is 3.92. The monoisotopic (exact) mass is 512 g/mol. The number of ether oxygens (including phenoxy) is 6. The molecule has 0 aromatic heterocycles. The van der Waals surface area contributed by atoms with Gasteiger partial charge in [-0.25, -0.2) is 4.79 Å². The van der Waals surface area contributed by atoms with Crippen LogP contribution < -0.4 is 4.74 Å². The Morgan fingerprint density at radius 3 is 2.58 bits per heavy atom. The molecule has 3 fully saturated rings. The molecule has 3 heterocycles. The standard InChI is InChI=1S/C23H28O13/c1-31-12-6-9(2-3-11(12)26)20(30)34-18-10-4-5-32-21(14(10)23(8-25)19(18)36-23)35-22-17(29)16(28)15(27)13(7-24)33-22/h2-6,10,13-19,21-22,24-29H,7-8H2,1H3/t10-,13-,14-,15-,16+,17-,18+,19+,21+,22+,23-/m1/s1. The summed E-state index contributed by atoms with van der Waals surface area (Å²) in [4.78, 5) is 12.9. The first kappa shape index (κ1) is 25.2. The first-order chi connectivity index (χ1) is 17.2. The summed E-state index contributed by atoms with van der Waals surface area (Å²) in [6.07, 6.45) is -7.19. The third-order valence-electron chi connectivity index (χ3n) is 7.26. The van der Waals surface area contributed by atoms with E-state index in [-0.39, 0.29) is 17.1 Å². The van der Waals surface area contributed by atoms with Crippen molar-refractivity contribution >= 4 is 5.97 Å². The maximum atomic E-state index is 12.9. The number of rotatable bonds is 7. The van der Waals surface area contributed by atoms with Crippen LogP contribution in [0.4, 0.5) is 0 Å². The summed E-state index contributed by atoms with van der Waals surface area (Å²) in [5.74, 6) is -1.95. The number of methoxy groups -OCH3 is 1. The Balaban J connectivity index is 1.35. The van der Waals surface area contributed by atoms with Crippen LogP contribution in [0.5, 0.6) is 11.5 Å². The largest absolute Gasteiger partial charge is 0.504 e. The molecule has 1 aromatic carbocycles. The van der Waals surface area contributed by atoms with Crippen LogP contribution in [0.15, 0.2) is 30.5 Å². The molecule has 6 N–H and O–H groups in total. The van der Waals surface area contributed by atoms with Crippen LogP contribution in [-0.2, 0) is 23.7 Å². The highest BCUT2D eigenvalue weighted by Gasteiger charge is 2.77. The number of aromatic hydroxyl groups is 1. The van der Waals surface area contributed by atoms with Crippen LogP contribution in [0.2, 0.25) is 0 Å². The topological polar surface area (TPSA) is 197 Å². The summed E-state index contributed by atoms with van der Waals surface area (Å²) in [5, 5.41) is 59.8. The van der Waals surface area contributed by atoms with Crippen molar-refractivity contribution in [1.82, 2.24) is 0 Å². The van der Waals surface area contributed by atoms with Crippen molar-refractivity contribution in [3.05, 3.63) is 36.1 Å². The van der Waals surface area contributed by atoms with Crippen molar-refractivity contribution in [2.24, 2.45) is 11.8 Å². The quantitative estimate of drug-likeness (QED) is 0.173. The molecule has 198 valence electrons. The lowest BCUT2D eigenvalue weighted by atomic mass is 9.85. The molecule has 0 amide bonds. The first-order valence-corrected chi connectivity index (χ1v) is 11.4. The number of carbonyl (C=O) groups is 1. The average molecular weight is 512 g/mol. The summed E-state index contributed by atoms with van der Waals surface area (Å²) >= 11 is 0. The number of carbonyl (C=O) groups excluding carboxylic acids is 1. The first-order valence-electron chi connectivity index (χ1n) is 11.4. The van der Waals surface area contributed by atoms with E-state index in [0.717, 1.165) is 0 Å². The van der Waals surface area contributed by atoms with E-state index in [4.69, 9.17) is 28.4 Å². The Kier molecular flexibility index (Phi) is 6.59. The molecule has 1 aromatic rings. The molecule has 5 rings (SSSR count). The van der Waals surface area contributed by atoms with Gasteiger partial charge in [-0.3, -0.25) is 0 Å². The van der Waals surface area contributed by atoms with Crippen LogP contribution in [0.1, 0.15) is 10.4 Å². The van der Waals surface area contributed by atoms with Crippen molar-refractivity contribution in [3.8, 4) is 11.5 Å². The van der Waals surface area contributed by atoms with Crippen LogP contribution in [-0.4, -0.2) is 112 Å². The second-order valence-corrected chi connectivity index (χ2v) is 9.18. The highest BCUT2D eigenvalue weighted by Crippen LogP contribution is 2.60. The van der Waals surface area contributed by atoms with E-state index in [2.05, 4.69) is 0 Å². The average Bonchev–Trinajstić information content (AvgIpc) is 3.56. The van der Waals surface area contributed by atoms with Crippen LogP contribution in [0, 0.1) is 11.8 Å². The minimum Gasteiger partial charge on any atom is -0.504 e. The zero-order valence-corrected chi connectivity index (χ0v) is 19.1. The zero-order chi connectivity index (χ0) is 25.8. The minimum absolute atomic E-state index is 0.0973. The number of esters is 1. The van der Waals surface area contributed by atoms with Gasteiger partial charge in [-0.15, -0.1) is 0 Å². The molecule has 2 saturated heterocycles. The molecule has 11 atom stereocenters. The highest BCUT2D eigenvalue weighted by molar-refractivity contribution is 5.90. The Morgan fingerprint density at radius 1 is 1.11 bits per heavy atom. The lowest BCUT2D eigenvalue weighted by Gasteiger charge is -2.43. The molecular weight excluding hydrogens is 484 g/mol. The lowest BCUT2D eigenvalue weighted by Crippen LogP contribution is -2.60. The molecule has 13 heteroatoms. The highest BCUT2D eigenvalue weighted by atomic mass is 16.8. The summed E-state index contributed by atoms with van der Waals surface area (Å²) < 4.78 is 33.4. The fourth-order valence-electron chi connectivity index (χ4n) is 5.28.